The van der Waals surface area contributed by atoms with E-state index in [9.17, 15) is 9.59 Å². The van der Waals surface area contributed by atoms with Crippen molar-refractivity contribution in [2.45, 2.75) is 20.3 Å². The number of rotatable bonds is 4. The summed E-state index contributed by atoms with van der Waals surface area (Å²) in [5.74, 6) is 1.59. The average Bonchev–Trinajstić information content (AvgIpc) is 3.24. The maximum atomic E-state index is 12.5. The first kappa shape index (κ1) is 17.5. The van der Waals surface area contributed by atoms with Gasteiger partial charge in [0.15, 0.2) is 10.8 Å². The van der Waals surface area contributed by atoms with Crippen molar-refractivity contribution < 1.29 is 18.7 Å². The van der Waals surface area contributed by atoms with Crippen LogP contribution in [0, 0.1) is 6.92 Å². The van der Waals surface area contributed by atoms with Gasteiger partial charge in [0.1, 0.15) is 5.76 Å². The summed E-state index contributed by atoms with van der Waals surface area (Å²) in [6.45, 7) is 6.07. The molecule has 0 N–H and O–H groups in total. The van der Waals surface area contributed by atoms with Gasteiger partial charge in [-0.25, -0.2) is 9.78 Å². The molecule has 7 nitrogen and oxygen atoms in total. The second-order valence-electron chi connectivity index (χ2n) is 5.80. The van der Waals surface area contributed by atoms with E-state index < -0.39 is 0 Å². The zero-order valence-electron chi connectivity index (χ0n) is 14.4. The molecule has 0 saturated carbocycles. The van der Waals surface area contributed by atoms with Gasteiger partial charge in [-0.1, -0.05) is 0 Å². The van der Waals surface area contributed by atoms with E-state index in [0.717, 1.165) is 22.2 Å². The largest absolute Gasteiger partial charge is 0.459 e. The third kappa shape index (κ3) is 4.19. The van der Waals surface area contributed by atoms with E-state index in [0.29, 0.717) is 32.8 Å². The molecule has 1 aliphatic rings. The highest BCUT2D eigenvalue weighted by Gasteiger charge is 2.25. The van der Waals surface area contributed by atoms with Crippen LogP contribution in [0.1, 0.15) is 18.4 Å². The number of carbonyl (C=O) groups is 2. The van der Waals surface area contributed by atoms with E-state index in [-0.39, 0.29) is 18.4 Å². The molecule has 25 heavy (non-hydrogen) atoms. The summed E-state index contributed by atoms with van der Waals surface area (Å²) in [7, 11) is 0. The maximum Gasteiger partial charge on any atom is 0.409 e. The fourth-order valence-electron chi connectivity index (χ4n) is 2.67. The lowest BCUT2D eigenvalue weighted by atomic mass is 10.2. The Morgan fingerprint density at radius 2 is 1.96 bits per heavy atom. The number of thiazole rings is 1. The first-order chi connectivity index (χ1) is 12.1. The minimum atomic E-state index is -0.313. The Hall–Kier alpha value is -2.35. The molecule has 1 fully saturated rings. The molecule has 8 heteroatoms. The molecule has 0 unspecified atom stereocenters. The van der Waals surface area contributed by atoms with E-state index >= 15 is 0 Å². The van der Waals surface area contributed by atoms with Crippen LogP contribution in [-0.2, 0) is 16.0 Å². The van der Waals surface area contributed by atoms with Crippen molar-refractivity contribution in [3.63, 3.8) is 0 Å². The smallest absolute Gasteiger partial charge is 0.409 e. The third-order valence-corrected chi connectivity index (χ3v) is 4.90. The molecule has 3 rings (SSSR count). The Balaban J connectivity index is 1.53. The van der Waals surface area contributed by atoms with Gasteiger partial charge >= 0.3 is 6.09 Å². The number of ether oxygens (including phenoxy) is 1. The van der Waals surface area contributed by atoms with Gasteiger partial charge in [-0.15, -0.1) is 11.3 Å². The number of hydrogen-bond donors (Lipinski definition) is 0. The summed E-state index contributed by atoms with van der Waals surface area (Å²) in [5.41, 5.74) is 0.742. The lowest BCUT2D eigenvalue weighted by molar-refractivity contribution is -0.132. The lowest BCUT2D eigenvalue weighted by Crippen LogP contribution is -2.51. The quantitative estimate of drug-likeness (QED) is 0.834. The van der Waals surface area contributed by atoms with Crippen LogP contribution in [-0.4, -0.2) is 59.6 Å². The Morgan fingerprint density at radius 3 is 2.60 bits per heavy atom. The average molecular weight is 363 g/mol. The maximum absolute atomic E-state index is 12.5. The summed E-state index contributed by atoms with van der Waals surface area (Å²) >= 11 is 1.47. The van der Waals surface area contributed by atoms with Crippen LogP contribution in [0.2, 0.25) is 0 Å². The second kappa shape index (κ2) is 7.69. The van der Waals surface area contributed by atoms with Crippen LogP contribution in [0.5, 0.6) is 0 Å². The Morgan fingerprint density at radius 1 is 1.24 bits per heavy atom. The molecule has 2 amide bonds. The lowest BCUT2D eigenvalue weighted by Gasteiger charge is -2.34. The molecule has 3 heterocycles. The molecular formula is C17H21N3O4S. The normalized spacial score (nSPS) is 14.6. The summed E-state index contributed by atoms with van der Waals surface area (Å²) in [6.07, 6.45) is -0.0530. The zero-order chi connectivity index (χ0) is 17.8. The molecule has 1 aliphatic heterocycles. The van der Waals surface area contributed by atoms with Gasteiger partial charge in [0.2, 0.25) is 5.91 Å². The molecule has 0 spiro atoms. The number of aromatic nitrogens is 1. The van der Waals surface area contributed by atoms with E-state index in [1.54, 1.807) is 16.7 Å². The predicted octanol–water partition coefficient (Wildman–Crippen LogP) is 2.55. The molecule has 1 saturated heterocycles. The highest BCUT2D eigenvalue weighted by Crippen LogP contribution is 2.25. The van der Waals surface area contributed by atoms with E-state index in [1.807, 2.05) is 24.4 Å². The standard InChI is InChI=1S/C17H21N3O4S/c1-3-23-17(22)20-8-6-19(7-9-20)15(21)10-13-11-25-16(18-13)14-5-4-12(2)24-14/h4-5,11H,3,6-10H2,1-2H3. The van der Waals surface area contributed by atoms with E-state index in [4.69, 9.17) is 9.15 Å². The van der Waals surface area contributed by atoms with Crippen molar-refractivity contribution in [3.05, 3.63) is 29.0 Å². The molecule has 2 aromatic rings. The number of nitrogens with zero attached hydrogens (tertiary/aromatic N) is 3. The number of hydrogen-bond acceptors (Lipinski definition) is 6. The van der Waals surface area contributed by atoms with Crippen molar-refractivity contribution in [1.82, 2.24) is 14.8 Å². The minimum absolute atomic E-state index is 0.0241. The van der Waals surface area contributed by atoms with Gasteiger partial charge in [0.05, 0.1) is 18.7 Å². The van der Waals surface area contributed by atoms with Crippen LogP contribution in [0.25, 0.3) is 10.8 Å². The molecule has 0 aromatic carbocycles. The van der Waals surface area contributed by atoms with Crippen LogP contribution < -0.4 is 0 Å². The molecule has 2 aromatic heterocycles. The molecule has 0 atom stereocenters. The van der Waals surface area contributed by atoms with Crippen molar-refractivity contribution in [1.29, 1.82) is 0 Å². The van der Waals surface area contributed by atoms with E-state index in [2.05, 4.69) is 4.98 Å². The van der Waals surface area contributed by atoms with Gasteiger partial charge in [0.25, 0.3) is 0 Å². The van der Waals surface area contributed by atoms with Gasteiger partial charge in [-0.3, -0.25) is 4.79 Å². The SMILES string of the molecule is CCOC(=O)N1CCN(C(=O)Cc2csc(-c3ccc(C)o3)n2)CC1. The number of amides is 2. The van der Waals surface area contributed by atoms with Crippen LogP contribution >= 0.6 is 11.3 Å². The first-order valence-electron chi connectivity index (χ1n) is 8.27. The van der Waals surface area contributed by atoms with Crippen LogP contribution in [0.4, 0.5) is 4.79 Å². The monoisotopic (exact) mass is 363 g/mol. The van der Waals surface area contributed by atoms with Crippen molar-refractivity contribution in [3.8, 4) is 10.8 Å². The molecule has 0 aliphatic carbocycles. The van der Waals surface area contributed by atoms with Gasteiger partial charge < -0.3 is 19.0 Å². The number of piperazine rings is 1. The second-order valence-corrected chi connectivity index (χ2v) is 6.66. The molecule has 0 bridgehead atoms. The van der Waals surface area contributed by atoms with Gasteiger partial charge in [0, 0.05) is 31.6 Å². The van der Waals surface area contributed by atoms with Gasteiger partial charge in [-0.2, -0.15) is 0 Å². The molecule has 134 valence electrons. The number of furan rings is 1. The first-order valence-corrected chi connectivity index (χ1v) is 9.15. The van der Waals surface area contributed by atoms with Crippen LogP contribution in [0.15, 0.2) is 21.9 Å². The highest BCUT2D eigenvalue weighted by atomic mass is 32.1. The summed E-state index contributed by atoms with van der Waals surface area (Å²) in [5, 5.41) is 2.67. The third-order valence-electron chi connectivity index (χ3n) is 3.99. The molecular weight excluding hydrogens is 342 g/mol. The number of carbonyl (C=O) groups excluding carboxylic acids is 2. The minimum Gasteiger partial charge on any atom is -0.459 e. The highest BCUT2D eigenvalue weighted by molar-refractivity contribution is 7.13. The summed E-state index contributed by atoms with van der Waals surface area (Å²) < 4.78 is 10.5. The fraction of sp³-hybridized carbons (Fsp3) is 0.471. The van der Waals surface area contributed by atoms with Crippen molar-refractivity contribution in [2.75, 3.05) is 32.8 Å². The summed E-state index contributed by atoms with van der Waals surface area (Å²) in [4.78, 5) is 32.0. The van der Waals surface area contributed by atoms with Gasteiger partial charge in [-0.05, 0) is 26.0 Å². The number of aryl methyl sites for hydroxylation is 1. The van der Waals surface area contributed by atoms with Crippen molar-refractivity contribution >= 4 is 23.3 Å². The predicted molar refractivity (Wildman–Crippen MR) is 93.4 cm³/mol. The van der Waals surface area contributed by atoms with Crippen LogP contribution in [0.3, 0.4) is 0 Å². The Labute approximate surface area is 150 Å². The fourth-order valence-corrected chi connectivity index (χ4v) is 3.45. The molecule has 0 radical (unpaired) electrons. The summed E-state index contributed by atoms with van der Waals surface area (Å²) in [6, 6.07) is 3.78. The van der Waals surface area contributed by atoms with E-state index in [1.165, 1.54) is 11.3 Å². The Kier molecular flexibility index (Phi) is 5.37. The van der Waals surface area contributed by atoms with Crippen molar-refractivity contribution in [2.24, 2.45) is 0 Å². The Bertz CT molecular complexity index is 747. The topological polar surface area (TPSA) is 75.9 Å². The zero-order valence-corrected chi connectivity index (χ0v) is 15.2.